The van der Waals surface area contributed by atoms with Crippen LogP contribution in [0.2, 0.25) is 0 Å². The van der Waals surface area contributed by atoms with Crippen molar-refractivity contribution >= 4 is 16.7 Å². The molecule has 3 heteroatoms. The summed E-state index contributed by atoms with van der Waals surface area (Å²) in [5, 5.41) is 1.18. The van der Waals surface area contributed by atoms with Gasteiger partial charge in [0.25, 0.3) is 0 Å². The molecule has 2 N–H and O–H groups in total. The van der Waals surface area contributed by atoms with E-state index in [4.69, 9.17) is 5.73 Å². The molecule has 0 atom stereocenters. The summed E-state index contributed by atoms with van der Waals surface area (Å²) < 4.78 is 0. The molecular formula is C18H25N3. The molecule has 1 aliphatic rings. The normalized spacial score (nSPS) is 15.2. The van der Waals surface area contributed by atoms with Crippen molar-refractivity contribution < 1.29 is 0 Å². The summed E-state index contributed by atoms with van der Waals surface area (Å²) in [6.45, 7) is 6.67. The molecule has 3 nitrogen and oxygen atoms in total. The molecule has 1 saturated carbocycles. The number of rotatable bonds is 6. The maximum Gasteiger partial charge on any atom is 0.128 e. The van der Waals surface area contributed by atoms with Gasteiger partial charge in [0.2, 0.25) is 0 Å². The van der Waals surface area contributed by atoms with Gasteiger partial charge in [0, 0.05) is 23.5 Å². The minimum atomic E-state index is 0.684. The fourth-order valence-electron chi connectivity index (χ4n) is 2.77. The Kier molecular flexibility index (Phi) is 4.11. The first-order valence-corrected chi connectivity index (χ1v) is 8.01. The second kappa shape index (κ2) is 6.02. The first kappa shape index (κ1) is 14.3. The number of hydrogen-bond donors (Lipinski definition) is 1. The number of anilines is 1. The van der Waals surface area contributed by atoms with Crippen LogP contribution in [0.25, 0.3) is 10.9 Å². The van der Waals surface area contributed by atoms with Gasteiger partial charge in [-0.2, -0.15) is 0 Å². The van der Waals surface area contributed by atoms with E-state index in [0.717, 1.165) is 30.6 Å². The lowest BCUT2D eigenvalue weighted by molar-refractivity contribution is 0.240. The first-order chi connectivity index (χ1) is 10.1. The predicted molar refractivity (Wildman–Crippen MR) is 89.0 cm³/mol. The molecule has 0 unspecified atom stereocenters. The van der Waals surface area contributed by atoms with Crippen molar-refractivity contribution in [2.75, 3.05) is 12.3 Å². The number of hydrogen-bond acceptors (Lipinski definition) is 3. The highest BCUT2D eigenvalue weighted by Gasteiger charge is 2.29. The summed E-state index contributed by atoms with van der Waals surface area (Å²) in [6.07, 6.45) is 3.91. The third kappa shape index (κ3) is 3.53. The topological polar surface area (TPSA) is 42.2 Å². The van der Waals surface area contributed by atoms with E-state index in [2.05, 4.69) is 41.9 Å². The third-order valence-electron chi connectivity index (χ3n) is 4.27. The van der Waals surface area contributed by atoms with Crippen LogP contribution < -0.4 is 5.73 Å². The molecule has 0 bridgehead atoms. The minimum absolute atomic E-state index is 0.684. The minimum Gasteiger partial charge on any atom is -0.383 e. The number of nitrogens with zero attached hydrogens (tertiary/aromatic N) is 2. The number of aromatic nitrogens is 1. The molecule has 1 aromatic heterocycles. The van der Waals surface area contributed by atoms with Gasteiger partial charge in [-0.1, -0.05) is 32.0 Å². The zero-order chi connectivity index (χ0) is 14.8. The Hall–Kier alpha value is -1.61. The molecular weight excluding hydrogens is 258 g/mol. The van der Waals surface area contributed by atoms with Crippen molar-refractivity contribution in [3.63, 3.8) is 0 Å². The highest BCUT2D eigenvalue weighted by Crippen LogP contribution is 2.30. The van der Waals surface area contributed by atoms with Crippen molar-refractivity contribution in [1.29, 1.82) is 0 Å². The third-order valence-corrected chi connectivity index (χ3v) is 4.27. The fourth-order valence-corrected chi connectivity index (χ4v) is 2.77. The lowest BCUT2D eigenvalue weighted by atomic mass is 10.1. The molecule has 0 radical (unpaired) electrons. The molecule has 0 spiro atoms. The Balaban J connectivity index is 1.80. The highest BCUT2D eigenvalue weighted by atomic mass is 15.2. The van der Waals surface area contributed by atoms with Crippen LogP contribution in [0.5, 0.6) is 0 Å². The van der Waals surface area contributed by atoms with E-state index in [1.165, 1.54) is 30.2 Å². The van der Waals surface area contributed by atoms with Crippen molar-refractivity contribution in [3.8, 4) is 0 Å². The van der Waals surface area contributed by atoms with Gasteiger partial charge in [0.05, 0.1) is 5.52 Å². The van der Waals surface area contributed by atoms with Crippen LogP contribution in [0.1, 0.15) is 38.7 Å². The number of nitrogens with two attached hydrogens (primary N) is 1. The van der Waals surface area contributed by atoms with E-state index >= 15 is 0 Å². The molecule has 0 aliphatic heterocycles. The molecule has 1 aliphatic carbocycles. The smallest absolute Gasteiger partial charge is 0.128 e. The van der Waals surface area contributed by atoms with Crippen molar-refractivity contribution in [3.05, 3.63) is 35.9 Å². The number of pyridine rings is 1. The van der Waals surface area contributed by atoms with Crippen LogP contribution in [-0.2, 0) is 6.54 Å². The molecule has 2 aromatic rings. The lowest BCUT2D eigenvalue weighted by Gasteiger charge is -2.23. The van der Waals surface area contributed by atoms with Gasteiger partial charge >= 0.3 is 0 Å². The molecule has 1 heterocycles. The zero-order valence-electron chi connectivity index (χ0n) is 13.0. The van der Waals surface area contributed by atoms with Crippen LogP contribution in [0.15, 0.2) is 30.3 Å². The summed E-state index contributed by atoms with van der Waals surface area (Å²) in [5.74, 6) is 1.43. The summed E-state index contributed by atoms with van der Waals surface area (Å²) in [5.41, 5.74) is 8.33. The van der Waals surface area contributed by atoms with Gasteiger partial charge in [-0.05, 0) is 43.9 Å². The number of nitrogen functional groups attached to an aromatic ring is 1. The maximum atomic E-state index is 6.17. The number of para-hydroxylation sites is 1. The van der Waals surface area contributed by atoms with E-state index < -0.39 is 0 Å². The molecule has 112 valence electrons. The average molecular weight is 283 g/mol. The Morgan fingerprint density at radius 2 is 2.05 bits per heavy atom. The molecule has 1 aromatic carbocycles. The van der Waals surface area contributed by atoms with E-state index in [-0.39, 0.29) is 0 Å². The molecule has 0 amide bonds. The van der Waals surface area contributed by atoms with E-state index in [0.29, 0.717) is 5.82 Å². The van der Waals surface area contributed by atoms with Gasteiger partial charge in [0.15, 0.2) is 0 Å². The van der Waals surface area contributed by atoms with Crippen LogP contribution in [0.3, 0.4) is 0 Å². The fraction of sp³-hybridized carbons (Fsp3) is 0.500. The van der Waals surface area contributed by atoms with E-state index in [1.807, 2.05) is 12.1 Å². The summed E-state index contributed by atoms with van der Waals surface area (Å²) in [7, 11) is 0. The van der Waals surface area contributed by atoms with Crippen LogP contribution >= 0.6 is 0 Å². The summed E-state index contributed by atoms with van der Waals surface area (Å²) in [4.78, 5) is 7.14. The Morgan fingerprint density at radius 1 is 1.29 bits per heavy atom. The second-order valence-electron chi connectivity index (χ2n) is 6.61. The van der Waals surface area contributed by atoms with Crippen molar-refractivity contribution in [1.82, 2.24) is 9.88 Å². The lowest BCUT2D eigenvalue weighted by Crippen LogP contribution is -2.28. The van der Waals surface area contributed by atoms with Crippen molar-refractivity contribution in [2.45, 2.75) is 45.7 Å². The maximum absolute atomic E-state index is 6.17. The Bertz CT molecular complexity index is 617. The van der Waals surface area contributed by atoms with Gasteiger partial charge in [-0.25, -0.2) is 4.98 Å². The summed E-state index contributed by atoms with van der Waals surface area (Å²) in [6, 6.07) is 11.2. The van der Waals surface area contributed by atoms with Gasteiger partial charge in [-0.15, -0.1) is 0 Å². The average Bonchev–Trinajstić information content (AvgIpc) is 3.28. The SMILES string of the molecule is CC(C)CCN(Cc1cc2ccccc2nc1N)C1CC1. The Morgan fingerprint density at radius 3 is 2.76 bits per heavy atom. The summed E-state index contributed by atoms with van der Waals surface area (Å²) >= 11 is 0. The number of fused-ring (bicyclic) bond motifs is 1. The predicted octanol–water partition coefficient (Wildman–Crippen LogP) is 3.83. The second-order valence-corrected chi connectivity index (χ2v) is 6.61. The van der Waals surface area contributed by atoms with Gasteiger partial charge < -0.3 is 5.73 Å². The molecule has 1 fully saturated rings. The monoisotopic (exact) mass is 283 g/mol. The van der Waals surface area contributed by atoms with Gasteiger partial charge in [-0.3, -0.25) is 4.90 Å². The largest absolute Gasteiger partial charge is 0.383 e. The number of benzene rings is 1. The van der Waals surface area contributed by atoms with Gasteiger partial charge in [0.1, 0.15) is 5.82 Å². The van der Waals surface area contributed by atoms with Crippen LogP contribution in [-0.4, -0.2) is 22.5 Å². The van der Waals surface area contributed by atoms with E-state index in [1.54, 1.807) is 0 Å². The first-order valence-electron chi connectivity index (χ1n) is 8.01. The van der Waals surface area contributed by atoms with Crippen LogP contribution in [0, 0.1) is 5.92 Å². The highest BCUT2D eigenvalue weighted by molar-refractivity contribution is 5.81. The van der Waals surface area contributed by atoms with E-state index in [9.17, 15) is 0 Å². The van der Waals surface area contributed by atoms with Crippen LogP contribution in [0.4, 0.5) is 5.82 Å². The molecule has 3 rings (SSSR count). The Labute approximate surface area is 127 Å². The standard InChI is InChI=1S/C18H25N3/c1-13(2)9-10-21(16-7-8-16)12-15-11-14-5-3-4-6-17(14)20-18(15)19/h3-6,11,13,16H,7-10,12H2,1-2H3,(H2,19,20). The quantitative estimate of drug-likeness (QED) is 0.876. The molecule has 21 heavy (non-hydrogen) atoms. The zero-order valence-corrected chi connectivity index (χ0v) is 13.0. The van der Waals surface area contributed by atoms with Crippen molar-refractivity contribution in [2.24, 2.45) is 5.92 Å². The molecule has 0 saturated heterocycles.